The molecular formula is C20H18ClN3O3S. The van der Waals surface area contributed by atoms with Crippen LogP contribution >= 0.6 is 22.9 Å². The molecule has 6 nitrogen and oxygen atoms in total. The molecule has 1 atom stereocenters. The fraction of sp³-hybridized carbons (Fsp3) is 0.250. The Morgan fingerprint density at radius 1 is 1.29 bits per heavy atom. The summed E-state index contributed by atoms with van der Waals surface area (Å²) in [7, 11) is 0. The summed E-state index contributed by atoms with van der Waals surface area (Å²) < 4.78 is 6.51. The zero-order valence-electron chi connectivity index (χ0n) is 14.9. The van der Waals surface area contributed by atoms with Gasteiger partial charge in [0.15, 0.2) is 0 Å². The van der Waals surface area contributed by atoms with Crippen LogP contribution in [0.5, 0.6) is 5.75 Å². The molecule has 1 N–H and O–H groups in total. The van der Waals surface area contributed by atoms with Gasteiger partial charge in [-0.2, -0.15) is 0 Å². The number of ether oxygens (including phenoxy) is 1. The van der Waals surface area contributed by atoms with Crippen molar-refractivity contribution in [3.63, 3.8) is 0 Å². The quantitative estimate of drug-likeness (QED) is 0.591. The van der Waals surface area contributed by atoms with Gasteiger partial charge >= 0.3 is 0 Å². The van der Waals surface area contributed by atoms with Gasteiger partial charge in [-0.1, -0.05) is 35.0 Å². The van der Waals surface area contributed by atoms with Crippen molar-refractivity contribution >= 4 is 45.5 Å². The van der Waals surface area contributed by atoms with Crippen LogP contribution in [0, 0.1) is 0 Å². The van der Waals surface area contributed by atoms with Gasteiger partial charge in [-0.3, -0.25) is 9.78 Å². The van der Waals surface area contributed by atoms with E-state index in [0.717, 1.165) is 27.2 Å². The Kier molecular flexibility index (Phi) is 5.73. The van der Waals surface area contributed by atoms with Crippen LogP contribution in [0.25, 0.3) is 10.9 Å². The average molecular weight is 416 g/mol. The molecule has 1 amide bonds. The van der Waals surface area contributed by atoms with Crippen LogP contribution < -0.4 is 10.1 Å². The average Bonchev–Trinajstić information content (AvgIpc) is 3.37. The lowest BCUT2D eigenvalue weighted by Crippen LogP contribution is -2.35. The summed E-state index contributed by atoms with van der Waals surface area (Å²) >= 11 is 7.36. The number of oxime groups is 1. The number of benzene rings is 1. The van der Waals surface area contributed by atoms with Gasteiger partial charge in [0.2, 0.25) is 6.10 Å². The monoisotopic (exact) mass is 415 g/mol. The van der Waals surface area contributed by atoms with Gasteiger partial charge < -0.3 is 14.9 Å². The van der Waals surface area contributed by atoms with E-state index in [2.05, 4.69) is 15.5 Å². The van der Waals surface area contributed by atoms with E-state index in [0.29, 0.717) is 30.3 Å². The Labute approximate surface area is 171 Å². The van der Waals surface area contributed by atoms with Crippen LogP contribution in [0.2, 0.25) is 4.34 Å². The molecule has 4 rings (SSSR count). The standard InChI is InChI=1S/C20H18ClN3O3S/c21-18-8-7-17(28-18)14-12-16(27-24-14)20(25)23-10-3-11-26-15-6-1-4-13-5-2-9-22-19(13)15/h1-2,4-9,16H,3,10-12H2,(H,23,25). The molecule has 3 aromatic rings. The Morgan fingerprint density at radius 2 is 2.18 bits per heavy atom. The molecule has 1 aliphatic rings. The van der Waals surface area contributed by atoms with E-state index in [4.69, 9.17) is 21.2 Å². The minimum absolute atomic E-state index is 0.173. The normalized spacial score (nSPS) is 15.9. The third-order valence-electron chi connectivity index (χ3n) is 4.29. The zero-order chi connectivity index (χ0) is 19.3. The van der Waals surface area contributed by atoms with E-state index in [9.17, 15) is 4.79 Å². The number of nitrogens with zero attached hydrogens (tertiary/aromatic N) is 2. The second-order valence-electron chi connectivity index (χ2n) is 6.26. The highest BCUT2D eigenvalue weighted by Crippen LogP contribution is 2.26. The highest BCUT2D eigenvalue weighted by atomic mass is 35.5. The lowest BCUT2D eigenvalue weighted by molar-refractivity contribution is -0.131. The smallest absolute Gasteiger partial charge is 0.264 e. The second-order valence-corrected chi connectivity index (χ2v) is 7.98. The molecule has 0 saturated heterocycles. The largest absolute Gasteiger partial charge is 0.491 e. The summed E-state index contributed by atoms with van der Waals surface area (Å²) in [4.78, 5) is 22.8. The van der Waals surface area contributed by atoms with Gasteiger partial charge in [-0.25, -0.2) is 0 Å². The number of hydrogen-bond donors (Lipinski definition) is 1. The van der Waals surface area contributed by atoms with Crippen molar-refractivity contribution in [2.45, 2.75) is 18.9 Å². The number of nitrogens with one attached hydrogen (secondary N) is 1. The van der Waals surface area contributed by atoms with Crippen LogP contribution in [0.1, 0.15) is 17.7 Å². The molecule has 8 heteroatoms. The third-order valence-corrected chi connectivity index (χ3v) is 5.57. The molecule has 0 aliphatic carbocycles. The number of fused-ring (bicyclic) bond motifs is 1. The van der Waals surface area contributed by atoms with Gasteiger partial charge in [0.1, 0.15) is 17.0 Å². The fourth-order valence-electron chi connectivity index (χ4n) is 2.91. The molecule has 0 bridgehead atoms. The fourth-order valence-corrected chi connectivity index (χ4v) is 3.94. The van der Waals surface area contributed by atoms with Crippen molar-refractivity contribution in [3.8, 4) is 5.75 Å². The molecule has 0 fully saturated rings. The topological polar surface area (TPSA) is 72.8 Å². The van der Waals surface area contributed by atoms with Crippen LogP contribution in [0.4, 0.5) is 0 Å². The maximum absolute atomic E-state index is 12.3. The summed E-state index contributed by atoms with van der Waals surface area (Å²) in [5, 5.41) is 7.92. The molecule has 0 saturated carbocycles. The molecule has 3 heterocycles. The Bertz CT molecular complexity index is 1020. The molecule has 2 aromatic heterocycles. The van der Waals surface area contributed by atoms with Gasteiger partial charge in [0.25, 0.3) is 5.91 Å². The minimum Gasteiger partial charge on any atom is -0.491 e. The Morgan fingerprint density at radius 3 is 3.04 bits per heavy atom. The second kappa shape index (κ2) is 8.58. The van der Waals surface area contributed by atoms with Gasteiger partial charge in [-0.15, -0.1) is 11.3 Å². The first-order valence-electron chi connectivity index (χ1n) is 8.93. The van der Waals surface area contributed by atoms with Crippen LogP contribution in [0.15, 0.2) is 53.8 Å². The number of halogens is 1. The lowest BCUT2D eigenvalue weighted by atomic mass is 10.1. The molecule has 0 radical (unpaired) electrons. The zero-order valence-corrected chi connectivity index (χ0v) is 16.5. The first-order chi connectivity index (χ1) is 13.7. The van der Waals surface area contributed by atoms with Gasteiger partial charge in [0, 0.05) is 24.5 Å². The van der Waals surface area contributed by atoms with Gasteiger partial charge in [0.05, 0.1) is 15.8 Å². The Balaban J connectivity index is 1.20. The van der Waals surface area contributed by atoms with E-state index < -0.39 is 6.10 Å². The molecular weight excluding hydrogens is 398 g/mol. The maximum atomic E-state index is 12.3. The number of carbonyl (C=O) groups is 1. The number of pyridine rings is 1. The highest BCUT2D eigenvalue weighted by Gasteiger charge is 2.29. The van der Waals surface area contributed by atoms with E-state index in [1.54, 1.807) is 6.20 Å². The molecule has 1 aromatic carbocycles. The lowest BCUT2D eigenvalue weighted by Gasteiger charge is -2.11. The summed E-state index contributed by atoms with van der Waals surface area (Å²) in [6.45, 7) is 0.980. The number of thiophene rings is 1. The SMILES string of the molecule is O=C(NCCCOc1cccc2cccnc12)C1CC(c2ccc(Cl)s2)=NO1. The van der Waals surface area contributed by atoms with Crippen molar-refractivity contribution < 1.29 is 14.4 Å². The minimum atomic E-state index is -0.598. The number of amides is 1. The van der Waals surface area contributed by atoms with E-state index in [1.807, 2.05) is 42.5 Å². The van der Waals surface area contributed by atoms with Crippen LogP contribution in [0.3, 0.4) is 0 Å². The summed E-state index contributed by atoms with van der Waals surface area (Å²) in [6, 6.07) is 13.4. The highest BCUT2D eigenvalue weighted by molar-refractivity contribution is 7.18. The first kappa shape index (κ1) is 18.7. The van der Waals surface area contributed by atoms with E-state index >= 15 is 0 Å². The Hall–Kier alpha value is -2.64. The molecule has 1 aliphatic heterocycles. The number of carbonyl (C=O) groups excluding carboxylic acids is 1. The van der Waals surface area contributed by atoms with E-state index in [-0.39, 0.29) is 5.91 Å². The predicted octanol–water partition coefficient (Wildman–Crippen LogP) is 4.03. The van der Waals surface area contributed by atoms with Crippen molar-refractivity contribution in [1.82, 2.24) is 10.3 Å². The summed E-state index contributed by atoms with van der Waals surface area (Å²) in [6.07, 6.45) is 2.27. The van der Waals surface area contributed by atoms with Crippen molar-refractivity contribution in [3.05, 3.63) is 57.9 Å². The number of hydrogen-bond acceptors (Lipinski definition) is 6. The third kappa shape index (κ3) is 4.26. The van der Waals surface area contributed by atoms with Gasteiger partial charge in [-0.05, 0) is 30.7 Å². The number of aromatic nitrogens is 1. The maximum Gasteiger partial charge on any atom is 0.264 e. The van der Waals surface area contributed by atoms with Crippen LogP contribution in [-0.4, -0.2) is 35.9 Å². The van der Waals surface area contributed by atoms with Crippen molar-refractivity contribution in [2.24, 2.45) is 5.16 Å². The molecule has 28 heavy (non-hydrogen) atoms. The van der Waals surface area contributed by atoms with Crippen molar-refractivity contribution in [1.29, 1.82) is 0 Å². The summed E-state index contributed by atoms with van der Waals surface area (Å²) in [5.74, 6) is 0.574. The predicted molar refractivity (Wildman–Crippen MR) is 110 cm³/mol. The number of rotatable bonds is 7. The van der Waals surface area contributed by atoms with Crippen molar-refractivity contribution in [2.75, 3.05) is 13.2 Å². The summed E-state index contributed by atoms with van der Waals surface area (Å²) in [5.41, 5.74) is 1.59. The van der Waals surface area contributed by atoms with E-state index in [1.165, 1.54) is 11.3 Å². The molecule has 1 unspecified atom stereocenters. The molecule has 0 spiro atoms. The number of para-hydroxylation sites is 1. The van der Waals surface area contributed by atoms with Crippen LogP contribution in [-0.2, 0) is 9.63 Å². The first-order valence-corrected chi connectivity index (χ1v) is 10.1. The molecule has 144 valence electrons.